The van der Waals surface area contributed by atoms with Gasteiger partial charge >= 0.3 is 0 Å². The lowest BCUT2D eigenvalue weighted by molar-refractivity contribution is 0.935. The maximum absolute atomic E-state index is 9.21. The van der Waals surface area contributed by atoms with Crippen molar-refractivity contribution in [2.24, 2.45) is 4.99 Å². The van der Waals surface area contributed by atoms with Crippen molar-refractivity contribution in [1.29, 1.82) is 5.26 Å². The first-order valence-corrected chi connectivity index (χ1v) is 7.15. The van der Waals surface area contributed by atoms with Crippen molar-refractivity contribution in [1.82, 2.24) is 9.97 Å². The number of aryl methyl sites for hydroxylation is 1. The number of allylic oxidation sites excluding steroid dienone is 4. The van der Waals surface area contributed by atoms with Gasteiger partial charge in [0, 0.05) is 23.0 Å². The van der Waals surface area contributed by atoms with Gasteiger partial charge in [0.25, 0.3) is 0 Å². The highest BCUT2D eigenvalue weighted by molar-refractivity contribution is 8.03. The average Bonchev–Trinajstić information content (AvgIpc) is 2.49. The van der Waals surface area contributed by atoms with E-state index in [0.29, 0.717) is 17.3 Å². The van der Waals surface area contributed by atoms with Gasteiger partial charge in [0.2, 0.25) is 0 Å². The number of hydrogen-bond acceptors (Lipinski definition) is 5. The Morgan fingerprint density at radius 1 is 1.48 bits per heavy atom. The summed E-state index contributed by atoms with van der Waals surface area (Å²) in [6.45, 7) is 6.39. The molecule has 0 fully saturated rings. The Balaban J connectivity index is 2.06. The predicted octanol–water partition coefficient (Wildman–Crippen LogP) is 3.41. The van der Waals surface area contributed by atoms with E-state index in [1.807, 2.05) is 25.1 Å². The largest absolute Gasteiger partial charge is 0.288 e. The highest BCUT2D eigenvalue weighted by Gasteiger charge is 2.03. The van der Waals surface area contributed by atoms with Crippen LogP contribution in [0.15, 0.2) is 69.3 Å². The van der Waals surface area contributed by atoms with Crippen molar-refractivity contribution in [2.45, 2.75) is 12.1 Å². The molecule has 2 rings (SSSR count). The van der Waals surface area contributed by atoms with Crippen LogP contribution < -0.4 is 0 Å². The van der Waals surface area contributed by atoms with E-state index < -0.39 is 0 Å². The molecule has 0 saturated carbocycles. The van der Waals surface area contributed by atoms with Crippen LogP contribution in [0.3, 0.4) is 0 Å². The molecule has 4 nitrogen and oxygen atoms in total. The zero-order valence-corrected chi connectivity index (χ0v) is 12.5. The van der Waals surface area contributed by atoms with Crippen LogP contribution in [0.4, 0.5) is 0 Å². The third kappa shape index (κ3) is 4.55. The number of nitrogens with zero attached hydrogens (tertiary/aromatic N) is 4. The summed E-state index contributed by atoms with van der Waals surface area (Å²) < 4.78 is 0. The Labute approximate surface area is 128 Å². The molecule has 0 spiro atoms. The molecule has 0 amide bonds. The van der Waals surface area contributed by atoms with Crippen LogP contribution in [0, 0.1) is 18.3 Å². The fourth-order valence-electron chi connectivity index (χ4n) is 1.62. The van der Waals surface area contributed by atoms with E-state index in [-0.39, 0.29) is 0 Å². The second-order valence-electron chi connectivity index (χ2n) is 4.28. The van der Waals surface area contributed by atoms with Crippen LogP contribution in [-0.4, -0.2) is 22.7 Å². The predicted molar refractivity (Wildman–Crippen MR) is 86.0 cm³/mol. The Hall–Kier alpha value is -2.45. The van der Waals surface area contributed by atoms with Crippen molar-refractivity contribution < 1.29 is 0 Å². The summed E-state index contributed by atoms with van der Waals surface area (Å²) in [6.07, 6.45) is 10.7. The SMILES string of the molecule is C=C(/C=C\C(C#N)=C1\C=CC=NC1)Sc1nccc(C)n1. The van der Waals surface area contributed by atoms with Crippen molar-refractivity contribution in [3.63, 3.8) is 0 Å². The first-order valence-electron chi connectivity index (χ1n) is 6.33. The quantitative estimate of drug-likeness (QED) is 0.369. The van der Waals surface area contributed by atoms with Gasteiger partial charge in [0.05, 0.1) is 18.2 Å². The van der Waals surface area contributed by atoms with Gasteiger partial charge in [-0.15, -0.1) is 0 Å². The molecular formula is C16H14N4S. The van der Waals surface area contributed by atoms with Gasteiger partial charge in [-0.25, -0.2) is 9.97 Å². The summed E-state index contributed by atoms with van der Waals surface area (Å²) in [5.74, 6) is 0. The van der Waals surface area contributed by atoms with E-state index in [2.05, 4.69) is 27.6 Å². The van der Waals surface area contributed by atoms with Gasteiger partial charge in [0.15, 0.2) is 5.16 Å². The second kappa shape index (κ2) is 7.36. The highest BCUT2D eigenvalue weighted by Crippen LogP contribution is 2.23. The molecule has 0 unspecified atom stereocenters. The van der Waals surface area contributed by atoms with E-state index in [4.69, 9.17) is 0 Å². The Kier molecular flexibility index (Phi) is 5.24. The first-order chi connectivity index (χ1) is 10.2. The summed E-state index contributed by atoms with van der Waals surface area (Å²) in [5, 5.41) is 9.86. The Bertz CT molecular complexity index is 705. The molecule has 0 aromatic carbocycles. The fraction of sp³-hybridized carbons (Fsp3) is 0.125. The van der Waals surface area contributed by atoms with Gasteiger partial charge in [-0.3, -0.25) is 4.99 Å². The van der Waals surface area contributed by atoms with Crippen molar-refractivity contribution in [2.75, 3.05) is 6.54 Å². The monoisotopic (exact) mass is 294 g/mol. The number of aliphatic imine (C=N–C) groups is 1. The minimum Gasteiger partial charge on any atom is -0.288 e. The lowest BCUT2D eigenvalue weighted by Crippen LogP contribution is -1.94. The number of dihydropyridines is 1. The molecule has 1 aromatic rings. The maximum Gasteiger partial charge on any atom is 0.192 e. The van der Waals surface area contributed by atoms with Gasteiger partial charge in [-0.2, -0.15) is 5.26 Å². The molecule has 104 valence electrons. The summed E-state index contributed by atoms with van der Waals surface area (Å²) in [7, 11) is 0. The third-order valence-electron chi connectivity index (χ3n) is 2.65. The molecule has 0 bridgehead atoms. The number of rotatable bonds is 4. The summed E-state index contributed by atoms with van der Waals surface area (Å²) in [5.41, 5.74) is 2.41. The Morgan fingerprint density at radius 3 is 3.00 bits per heavy atom. The van der Waals surface area contributed by atoms with E-state index >= 15 is 0 Å². The molecule has 1 aliphatic heterocycles. The highest BCUT2D eigenvalue weighted by atomic mass is 32.2. The lowest BCUT2D eigenvalue weighted by Gasteiger charge is -2.03. The normalized spacial score (nSPS) is 16.0. The lowest BCUT2D eigenvalue weighted by atomic mass is 10.1. The molecule has 0 radical (unpaired) electrons. The molecule has 2 heterocycles. The summed E-state index contributed by atoms with van der Waals surface area (Å²) >= 11 is 1.37. The standard InChI is InChI=1S/C16H14N4S/c1-12-7-9-19-16(20-12)21-13(2)5-6-14(10-17)15-4-3-8-18-11-15/h3-9H,2,11H2,1H3/b6-5-,15-14+. The molecular weight excluding hydrogens is 280 g/mol. The van der Waals surface area contributed by atoms with Crippen LogP contribution in [0.1, 0.15) is 5.69 Å². The molecule has 0 N–H and O–H groups in total. The minimum atomic E-state index is 0.532. The number of thioether (sulfide) groups is 1. The zero-order valence-electron chi connectivity index (χ0n) is 11.7. The van der Waals surface area contributed by atoms with Gasteiger partial charge in [-0.1, -0.05) is 24.4 Å². The molecule has 1 aromatic heterocycles. The van der Waals surface area contributed by atoms with Gasteiger partial charge < -0.3 is 0 Å². The number of aromatic nitrogens is 2. The van der Waals surface area contributed by atoms with Crippen LogP contribution in [-0.2, 0) is 0 Å². The maximum atomic E-state index is 9.21. The topological polar surface area (TPSA) is 61.9 Å². The minimum absolute atomic E-state index is 0.532. The number of nitriles is 1. The van der Waals surface area contributed by atoms with E-state index in [0.717, 1.165) is 16.2 Å². The van der Waals surface area contributed by atoms with Crippen LogP contribution >= 0.6 is 11.8 Å². The fourth-order valence-corrected chi connectivity index (χ4v) is 2.29. The van der Waals surface area contributed by atoms with E-state index in [1.54, 1.807) is 24.6 Å². The Morgan fingerprint density at radius 2 is 2.33 bits per heavy atom. The smallest absolute Gasteiger partial charge is 0.192 e. The van der Waals surface area contributed by atoms with Crippen LogP contribution in [0.25, 0.3) is 0 Å². The zero-order chi connectivity index (χ0) is 15.1. The van der Waals surface area contributed by atoms with Gasteiger partial charge in [-0.05, 0) is 36.8 Å². The molecule has 0 saturated heterocycles. The second-order valence-corrected chi connectivity index (χ2v) is 5.38. The first kappa shape index (κ1) is 14.9. The average molecular weight is 294 g/mol. The molecule has 21 heavy (non-hydrogen) atoms. The number of hydrogen-bond donors (Lipinski definition) is 0. The van der Waals surface area contributed by atoms with Gasteiger partial charge in [0.1, 0.15) is 0 Å². The van der Waals surface area contributed by atoms with E-state index in [1.165, 1.54) is 11.8 Å². The van der Waals surface area contributed by atoms with Crippen LogP contribution in [0.2, 0.25) is 0 Å². The molecule has 1 aliphatic rings. The summed E-state index contributed by atoms with van der Waals surface area (Å²) in [6, 6.07) is 4.03. The molecule has 0 aliphatic carbocycles. The van der Waals surface area contributed by atoms with E-state index in [9.17, 15) is 5.26 Å². The van der Waals surface area contributed by atoms with Crippen molar-refractivity contribution in [3.8, 4) is 6.07 Å². The van der Waals surface area contributed by atoms with Crippen molar-refractivity contribution in [3.05, 3.63) is 64.9 Å². The van der Waals surface area contributed by atoms with Crippen LogP contribution in [0.5, 0.6) is 0 Å². The third-order valence-corrected chi connectivity index (χ3v) is 3.43. The van der Waals surface area contributed by atoms with Crippen molar-refractivity contribution >= 4 is 18.0 Å². The summed E-state index contributed by atoms with van der Waals surface area (Å²) in [4.78, 5) is 13.4. The molecule has 5 heteroatoms. The molecule has 0 atom stereocenters.